The van der Waals surface area contributed by atoms with Gasteiger partial charge in [-0.3, -0.25) is 9.97 Å². The van der Waals surface area contributed by atoms with E-state index in [0.717, 1.165) is 33.6 Å². The van der Waals surface area contributed by atoms with Gasteiger partial charge in [-0.1, -0.05) is 11.2 Å². The van der Waals surface area contributed by atoms with Crippen molar-refractivity contribution in [3.8, 4) is 33.8 Å². The molecule has 0 radical (unpaired) electrons. The van der Waals surface area contributed by atoms with Gasteiger partial charge in [-0.05, 0) is 51.1 Å². The Hall–Kier alpha value is -4.66. The predicted octanol–water partition coefficient (Wildman–Crippen LogP) is 5.69. The normalized spacial score (nSPS) is 12.0. The average molecular weight is 499 g/mol. The maximum Gasteiger partial charge on any atom is 0.335 e. The van der Waals surface area contributed by atoms with E-state index >= 15 is 0 Å². The minimum Gasteiger partial charge on any atom is -0.496 e. The first-order valence-electron chi connectivity index (χ1n) is 11.7. The molecule has 0 aliphatic heterocycles. The Kier molecular flexibility index (Phi) is 6.12. The molecule has 0 saturated carbocycles. The summed E-state index contributed by atoms with van der Waals surface area (Å²) in [6.45, 7) is 5.84. The lowest BCUT2D eigenvalue weighted by atomic mass is 10.0. The van der Waals surface area contributed by atoms with Crippen molar-refractivity contribution in [3.63, 3.8) is 0 Å². The molecule has 0 bridgehead atoms. The number of hydrogen-bond donors (Lipinski definition) is 1. The molecule has 9 nitrogen and oxygen atoms in total. The molecule has 5 aromatic rings. The molecule has 37 heavy (non-hydrogen) atoms. The third-order valence-electron chi connectivity index (χ3n) is 6.55. The molecule has 0 amide bonds. The zero-order valence-corrected chi connectivity index (χ0v) is 21.1. The molecule has 1 atom stereocenters. The van der Waals surface area contributed by atoms with Crippen LogP contribution in [-0.4, -0.2) is 45.0 Å². The monoisotopic (exact) mass is 498 g/mol. The Morgan fingerprint density at radius 2 is 1.78 bits per heavy atom. The van der Waals surface area contributed by atoms with E-state index in [2.05, 4.69) is 27.7 Å². The van der Waals surface area contributed by atoms with Crippen molar-refractivity contribution in [2.75, 3.05) is 14.2 Å². The Morgan fingerprint density at radius 1 is 1.05 bits per heavy atom. The van der Waals surface area contributed by atoms with Crippen LogP contribution in [0, 0.1) is 13.8 Å². The van der Waals surface area contributed by atoms with Crippen LogP contribution in [-0.2, 0) is 0 Å². The summed E-state index contributed by atoms with van der Waals surface area (Å²) in [5.41, 5.74) is 6.43. The number of carbonyl (C=O) groups is 1. The first-order valence-corrected chi connectivity index (χ1v) is 11.7. The van der Waals surface area contributed by atoms with Crippen LogP contribution in [0.25, 0.3) is 33.3 Å². The average Bonchev–Trinajstić information content (AvgIpc) is 3.46. The van der Waals surface area contributed by atoms with Crippen LogP contribution < -0.4 is 9.47 Å². The first kappa shape index (κ1) is 24.1. The Morgan fingerprint density at radius 3 is 2.35 bits per heavy atom. The minimum atomic E-state index is -1.07. The van der Waals surface area contributed by atoms with Gasteiger partial charge < -0.3 is 23.7 Å². The van der Waals surface area contributed by atoms with Gasteiger partial charge in [-0.2, -0.15) is 0 Å². The van der Waals surface area contributed by atoms with Crippen molar-refractivity contribution in [3.05, 3.63) is 77.7 Å². The molecule has 0 fully saturated rings. The van der Waals surface area contributed by atoms with Gasteiger partial charge in [0.05, 0.1) is 53.8 Å². The van der Waals surface area contributed by atoms with Gasteiger partial charge in [0, 0.05) is 35.3 Å². The molecule has 0 aliphatic carbocycles. The minimum absolute atomic E-state index is 0.0664. The molecule has 4 heterocycles. The Balaban J connectivity index is 1.81. The number of pyridine rings is 2. The van der Waals surface area contributed by atoms with Crippen LogP contribution in [0.3, 0.4) is 0 Å². The molecular formula is C28H26N4O5. The lowest BCUT2D eigenvalue weighted by Gasteiger charge is -2.15. The quantitative estimate of drug-likeness (QED) is 0.304. The van der Waals surface area contributed by atoms with Crippen LogP contribution in [0.15, 0.2) is 59.5 Å². The lowest BCUT2D eigenvalue weighted by Crippen LogP contribution is -2.07. The number of rotatable bonds is 7. The molecule has 5 rings (SSSR count). The van der Waals surface area contributed by atoms with Gasteiger partial charge in [-0.25, -0.2) is 4.79 Å². The largest absolute Gasteiger partial charge is 0.496 e. The summed E-state index contributed by atoms with van der Waals surface area (Å²) in [5.74, 6) is 0.384. The number of aryl methyl sites for hydroxylation is 2. The van der Waals surface area contributed by atoms with Crippen molar-refractivity contribution in [2.24, 2.45) is 0 Å². The van der Waals surface area contributed by atoms with Crippen LogP contribution in [0.5, 0.6) is 11.5 Å². The molecule has 4 aromatic heterocycles. The number of hydrogen-bond acceptors (Lipinski definition) is 7. The molecule has 0 aliphatic rings. The van der Waals surface area contributed by atoms with Gasteiger partial charge in [0.25, 0.3) is 0 Å². The summed E-state index contributed by atoms with van der Waals surface area (Å²) < 4.78 is 18.8. The number of aromatic carboxylic acids is 1. The van der Waals surface area contributed by atoms with Crippen LogP contribution >= 0.6 is 0 Å². The molecule has 1 N–H and O–H groups in total. The van der Waals surface area contributed by atoms with Crippen LogP contribution in [0.2, 0.25) is 0 Å². The Bertz CT molecular complexity index is 1580. The van der Waals surface area contributed by atoms with E-state index in [1.807, 2.05) is 38.2 Å². The fourth-order valence-electron chi connectivity index (χ4n) is 4.73. The lowest BCUT2D eigenvalue weighted by molar-refractivity contribution is 0.0696. The van der Waals surface area contributed by atoms with Gasteiger partial charge in [-0.15, -0.1) is 0 Å². The van der Waals surface area contributed by atoms with E-state index in [9.17, 15) is 9.90 Å². The maximum absolute atomic E-state index is 11.7. The van der Waals surface area contributed by atoms with Gasteiger partial charge in [0.15, 0.2) is 0 Å². The van der Waals surface area contributed by atoms with E-state index in [1.165, 1.54) is 26.4 Å². The van der Waals surface area contributed by atoms with E-state index in [4.69, 9.17) is 19.0 Å². The van der Waals surface area contributed by atoms with Crippen molar-refractivity contribution >= 4 is 17.0 Å². The standard InChI is InChI=1S/C28H26N4O5/c1-15-25(17(3)37-31-15)19-10-22-27(30-13-19)20(14-32(22)16(2)21-8-6-7-9-29-21)26-23(35-4)11-18(28(33)34)12-24(26)36-5/h6-14,16H,1-5H3,(H,33,34)/t16-/m0/s1. The highest BCUT2D eigenvalue weighted by atomic mass is 16.5. The molecular weight excluding hydrogens is 472 g/mol. The maximum atomic E-state index is 11.7. The molecule has 0 spiro atoms. The van der Waals surface area contributed by atoms with E-state index in [0.29, 0.717) is 28.3 Å². The summed E-state index contributed by atoms with van der Waals surface area (Å²) in [5, 5.41) is 13.7. The predicted molar refractivity (Wildman–Crippen MR) is 138 cm³/mol. The van der Waals surface area contributed by atoms with Crippen molar-refractivity contribution in [1.29, 1.82) is 0 Å². The second-order valence-electron chi connectivity index (χ2n) is 8.73. The third kappa shape index (κ3) is 4.08. The Labute approximate surface area is 213 Å². The van der Waals surface area contributed by atoms with Gasteiger partial charge in [0.1, 0.15) is 17.3 Å². The number of methoxy groups -OCH3 is 2. The zero-order valence-electron chi connectivity index (χ0n) is 21.1. The smallest absolute Gasteiger partial charge is 0.335 e. The summed E-state index contributed by atoms with van der Waals surface area (Å²) >= 11 is 0. The first-order chi connectivity index (χ1) is 17.8. The molecule has 188 valence electrons. The summed E-state index contributed by atoms with van der Waals surface area (Å²) in [4.78, 5) is 21.1. The number of carboxylic acid groups (broad SMARTS) is 1. The fourth-order valence-corrected chi connectivity index (χ4v) is 4.73. The SMILES string of the molecule is COc1cc(C(=O)O)cc(OC)c1-c1cn([C@@H](C)c2ccccn2)c2cc(-c3c(C)noc3C)cnc12. The second kappa shape index (κ2) is 9.42. The van der Waals surface area contributed by atoms with Crippen LogP contribution in [0.4, 0.5) is 0 Å². The van der Waals surface area contributed by atoms with E-state index in [1.54, 1.807) is 12.4 Å². The van der Waals surface area contributed by atoms with Crippen molar-refractivity contribution < 1.29 is 23.9 Å². The highest BCUT2D eigenvalue weighted by Crippen LogP contribution is 2.44. The highest BCUT2D eigenvalue weighted by Gasteiger charge is 2.25. The number of aromatic nitrogens is 4. The molecule has 0 saturated heterocycles. The zero-order chi connectivity index (χ0) is 26.3. The number of carboxylic acids is 1. The number of nitrogens with zero attached hydrogens (tertiary/aromatic N) is 4. The fraction of sp³-hybridized carbons (Fsp3) is 0.214. The number of benzene rings is 1. The topological polar surface area (TPSA) is 113 Å². The number of ether oxygens (including phenoxy) is 2. The highest BCUT2D eigenvalue weighted by molar-refractivity contribution is 6.00. The van der Waals surface area contributed by atoms with Crippen LogP contribution in [0.1, 0.15) is 40.5 Å². The summed E-state index contributed by atoms with van der Waals surface area (Å²) in [6.07, 6.45) is 5.54. The van der Waals surface area contributed by atoms with E-state index < -0.39 is 5.97 Å². The summed E-state index contributed by atoms with van der Waals surface area (Å²) in [7, 11) is 3.01. The van der Waals surface area contributed by atoms with Gasteiger partial charge in [0.2, 0.25) is 0 Å². The number of fused-ring (bicyclic) bond motifs is 1. The molecule has 1 aromatic carbocycles. The second-order valence-corrected chi connectivity index (χ2v) is 8.73. The van der Waals surface area contributed by atoms with Crippen molar-refractivity contribution in [1.82, 2.24) is 19.7 Å². The van der Waals surface area contributed by atoms with Crippen molar-refractivity contribution in [2.45, 2.75) is 26.8 Å². The third-order valence-corrected chi connectivity index (χ3v) is 6.55. The summed E-state index contributed by atoms with van der Waals surface area (Å²) in [6, 6.07) is 10.7. The van der Waals surface area contributed by atoms with E-state index in [-0.39, 0.29) is 11.6 Å². The molecule has 0 unspecified atom stereocenters. The van der Waals surface area contributed by atoms with Gasteiger partial charge >= 0.3 is 5.97 Å². The molecule has 9 heteroatoms.